The summed E-state index contributed by atoms with van der Waals surface area (Å²) in [5.74, 6) is 0. The van der Waals surface area contributed by atoms with Crippen LogP contribution in [0.4, 0.5) is 0 Å². The molecular weight excluding hydrogens is 335 g/mol. The highest BCUT2D eigenvalue weighted by molar-refractivity contribution is 7.89. The van der Waals surface area contributed by atoms with Crippen molar-refractivity contribution in [3.05, 3.63) is 27.7 Å². The zero-order valence-electron chi connectivity index (χ0n) is 12.3. The number of hydrogen-bond acceptors (Lipinski definition) is 4. The first kappa shape index (κ1) is 18.7. The molecule has 5 nitrogen and oxygen atoms in total. The fourth-order valence-corrected chi connectivity index (χ4v) is 4.46. The largest absolute Gasteiger partial charge is 0.383 e. The Balaban J connectivity index is 3.37. The molecule has 0 aliphatic heterocycles. The van der Waals surface area contributed by atoms with Crippen LogP contribution in [0.15, 0.2) is 17.0 Å². The molecule has 120 valence electrons. The fraction of sp³-hybridized carbons (Fsp3) is 0.538. The molecule has 0 amide bonds. The zero-order chi connectivity index (χ0) is 16.2. The van der Waals surface area contributed by atoms with E-state index in [2.05, 4.69) is 0 Å². The number of nitrogens with two attached hydrogens (primary N) is 1. The van der Waals surface area contributed by atoms with Crippen LogP contribution >= 0.6 is 23.2 Å². The average Bonchev–Trinajstić information content (AvgIpc) is 2.40. The van der Waals surface area contributed by atoms with Gasteiger partial charge in [-0.3, -0.25) is 0 Å². The van der Waals surface area contributed by atoms with E-state index >= 15 is 0 Å². The number of rotatable bonds is 7. The van der Waals surface area contributed by atoms with E-state index in [0.29, 0.717) is 12.2 Å². The predicted octanol–water partition coefficient (Wildman–Crippen LogP) is 2.50. The number of benzene rings is 1. The van der Waals surface area contributed by atoms with Gasteiger partial charge in [0.15, 0.2) is 0 Å². The minimum Gasteiger partial charge on any atom is -0.383 e. The van der Waals surface area contributed by atoms with E-state index in [-0.39, 0.29) is 34.1 Å². The number of nitrogens with zero attached hydrogens (tertiary/aromatic N) is 1. The quantitative estimate of drug-likeness (QED) is 0.816. The standard InChI is InChI=1S/C13H20Cl2N2O3S/c1-9(2)17(4-5-20-3)21(18,19)12-7-11(14)6-10(8-16)13(12)15/h6-7,9H,4-5,8,16H2,1-3H3. The minimum atomic E-state index is -3.78. The molecule has 1 aromatic rings. The molecule has 0 spiro atoms. The number of halogens is 2. The zero-order valence-corrected chi connectivity index (χ0v) is 14.6. The van der Waals surface area contributed by atoms with E-state index < -0.39 is 10.0 Å². The highest BCUT2D eigenvalue weighted by Crippen LogP contribution is 2.31. The maximum atomic E-state index is 12.8. The van der Waals surface area contributed by atoms with Crippen molar-refractivity contribution in [2.75, 3.05) is 20.3 Å². The fourth-order valence-electron chi connectivity index (χ4n) is 1.92. The van der Waals surface area contributed by atoms with Gasteiger partial charge in [-0.2, -0.15) is 4.31 Å². The van der Waals surface area contributed by atoms with Crippen LogP contribution in [0, 0.1) is 0 Å². The van der Waals surface area contributed by atoms with Crippen LogP contribution in [-0.4, -0.2) is 39.0 Å². The van der Waals surface area contributed by atoms with Gasteiger partial charge in [0.1, 0.15) is 4.90 Å². The van der Waals surface area contributed by atoms with Gasteiger partial charge in [0, 0.05) is 31.3 Å². The second-order valence-electron chi connectivity index (χ2n) is 4.78. The van der Waals surface area contributed by atoms with Crippen molar-refractivity contribution in [2.24, 2.45) is 5.73 Å². The number of ether oxygens (including phenoxy) is 1. The molecule has 0 aliphatic rings. The molecule has 0 fully saturated rings. The van der Waals surface area contributed by atoms with Crippen molar-refractivity contribution in [1.82, 2.24) is 4.31 Å². The predicted molar refractivity (Wildman–Crippen MR) is 85.3 cm³/mol. The van der Waals surface area contributed by atoms with E-state index in [9.17, 15) is 8.42 Å². The third-order valence-electron chi connectivity index (χ3n) is 2.98. The summed E-state index contributed by atoms with van der Waals surface area (Å²) < 4.78 is 31.9. The summed E-state index contributed by atoms with van der Waals surface area (Å²) in [4.78, 5) is -0.0260. The van der Waals surface area contributed by atoms with Crippen LogP contribution in [0.3, 0.4) is 0 Å². The Labute approximate surface area is 136 Å². The molecule has 21 heavy (non-hydrogen) atoms. The lowest BCUT2D eigenvalue weighted by molar-refractivity contribution is 0.171. The molecule has 1 aromatic carbocycles. The van der Waals surface area contributed by atoms with Gasteiger partial charge in [-0.05, 0) is 31.5 Å². The van der Waals surface area contributed by atoms with Gasteiger partial charge in [0.25, 0.3) is 0 Å². The summed E-state index contributed by atoms with van der Waals surface area (Å²) in [5.41, 5.74) is 6.07. The third kappa shape index (κ3) is 4.31. The molecule has 0 radical (unpaired) electrons. The van der Waals surface area contributed by atoms with Gasteiger partial charge in [-0.1, -0.05) is 23.2 Å². The van der Waals surface area contributed by atoms with E-state index in [4.69, 9.17) is 33.7 Å². The Hall–Kier alpha value is -0.370. The van der Waals surface area contributed by atoms with Crippen LogP contribution in [0.2, 0.25) is 10.0 Å². The molecule has 0 saturated heterocycles. The highest BCUT2D eigenvalue weighted by Gasteiger charge is 2.30. The minimum absolute atomic E-state index is 0.0260. The first-order valence-corrected chi connectivity index (χ1v) is 8.64. The molecule has 0 aromatic heterocycles. The van der Waals surface area contributed by atoms with Crippen molar-refractivity contribution >= 4 is 33.2 Å². The lowest BCUT2D eigenvalue weighted by atomic mass is 10.2. The van der Waals surface area contributed by atoms with E-state index in [0.717, 1.165) is 0 Å². The maximum Gasteiger partial charge on any atom is 0.244 e. The van der Waals surface area contributed by atoms with Crippen LogP contribution in [0.25, 0.3) is 0 Å². The average molecular weight is 355 g/mol. The lowest BCUT2D eigenvalue weighted by Crippen LogP contribution is -2.39. The number of methoxy groups -OCH3 is 1. The number of sulfonamides is 1. The first-order chi connectivity index (χ1) is 9.75. The molecule has 0 bridgehead atoms. The third-order valence-corrected chi connectivity index (χ3v) is 5.85. The molecule has 0 unspecified atom stereocenters. The normalized spacial score (nSPS) is 12.4. The summed E-state index contributed by atoms with van der Waals surface area (Å²) >= 11 is 12.1. The van der Waals surface area contributed by atoms with Gasteiger partial charge in [-0.15, -0.1) is 0 Å². The van der Waals surface area contributed by atoms with Crippen LogP contribution in [0.1, 0.15) is 19.4 Å². The maximum absolute atomic E-state index is 12.8. The Morgan fingerprint density at radius 3 is 2.43 bits per heavy atom. The van der Waals surface area contributed by atoms with Crippen molar-refractivity contribution in [2.45, 2.75) is 31.3 Å². The Bertz CT molecular complexity index is 591. The van der Waals surface area contributed by atoms with Crippen molar-refractivity contribution in [1.29, 1.82) is 0 Å². The molecule has 2 N–H and O–H groups in total. The smallest absolute Gasteiger partial charge is 0.244 e. The summed E-state index contributed by atoms with van der Waals surface area (Å²) in [6, 6.07) is 2.68. The lowest BCUT2D eigenvalue weighted by Gasteiger charge is -2.26. The molecule has 0 heterocycles. The van der Waals surface area contributed by atoms with Crippen molar-refractivity contribution in [3.63, 3.8) is 0 Å². The van der Waals surface area contributed by atoms with Crippen molar-refractivity contribution < 1.29 is 13.2 Å². The summed E-state index contributed by atoms with van der Waals surface area (Å²) in [5, 5.41) is 0.402. The molecule has 0 aliphatic carbocycles. The molecular formula is C13H20Cl2N2O3S. The summed E-state index contributed by atoms with van der Waals surface area (Å²) in [6.45, 7) is 4.21. The van der Waals surface area contributed by atoms with Crippen LogP contribution in [0.5, 0.6) is 0 Å². The van der Waals surface area contributed by atoms with Gasteiger partial charge >= 0.3 is 0 Å². The van der Waals surface area contributed by atoms with Gasteiger partial charge in [0.05, 0.1) is 11.6 Å². The van der Waals surface area contributed by atoms with E-state index in [1.165, 1.54) is 17.5 Å². The Morgan fingerprint density at radius 1 is 1.33 bits per heavy atom. The monoisotopic (exact) mass is 354 g/mol. The van der Waals surface area contributed by atoms with Crippen molar-refractivity contribution in [3.8, 4) is 0 Å². The van der Waals surface area contributed by atoms with Gasteiger partial charge < -0.3 is 10.5 Å². The highest BCUT2D eigenvalue weighted by atomic mass is 35.5. The molecule has 0 saturated carbocycles. The Kier molecular flexibility index (Phi) is 6.90. The topological polar surface area (TPSA) is 72.6 Å². The van der Waals surface area contributed by atoms with E-state index in [1.54, 1.807) is 19.9 Å². The molecule has 8 heteroatoms. The van der Waals surface area contributed by atoms with E-state index in [1.807, 2.05) is 0 Å². The number of hydrogen-bond donors (Lipinski definition) is 1. The summed E-state index contributed by atoms with van der Waals surface area (Å²) in [6.07, 6.45) is 0. The summed E-state index contributed by atoms with van der Waals surface area (Å²) in [7, 11) is -2.26. The second-order valence-corrected chi connectivity index (χ2v) is 7.46. The molecule has 1 rings (SSSR count). The van der Waals surface area contributed by atoms with Crippen LogP contribution < -0.4 is 5.73 Å². The van der Waals surface area contributed by atoms with Gasteiger partial charge in [-0.25, -0.2) is 8.42 Å². The van der Waals surface area contributed by atoms with Gasteiger partial charge in [0.2, 0.25) is 10.0 Å². The second kappa shape index (κ2) is 7.76. The van der Waals surface area contributed by atoms with Crippen LogP contribution in [-0.2, 0) is 21.3 Å². The first-order valence-electron chi connectivity index (χ1n) is 6.44. The molecule has 0 atom stereocenters. The Morgan fingerprint density at radius 2 is 1.95 bits per heavy atom. The SMILES string of the molecule is COCCN(C(C)C)S(=O)(=O)c1cc(Cl)cc(CN)c1Cl.